The molecular formula is C14H8ClF3O2. The number of aliphatic carboxylic acids is 1. The van der Waals surface area contributed by atoms with Crippen molar-refractivity contribution < 1.29 is 23.1 Å². The van der Waals surface area contributed by atoms with Gasteiger partial charge >= 0.3 is 5.97 Å². The summed E-state index contributed by atoms with van der Waals surface area (Å²) in [7, 11) is 0. The molecule has 2 rings (SSSR count). The van der Waals surface area contributed by atoms with Gasteiger partial charge in [-0.1, -0.05) is 23.7 Å². The molecule has 6 heteroatoms. The molecule has 104 valence electrons. The van der Waals surface area contributed by atoms with Crippen LogP contribution in [0.1, 0.15) is 5.56 Å². The molecular weight excluding hydrogens is 293 g/mol. The third-order valence-corrected chi connectivity index (χ3v) is 3.10. The van der Waals surface area contributed by atoms with Crippen LogP contribution < -0.4 is 0 Å². The van der Waals surface area contributed by atoms with E-state index in [0.717, 1.165) is 18.2 Å². The van der Waals surface area contributed by atoms with Crippen LogP contribution in [-0.2, 0) is 11.2 Å². The predicted molar refractivity (Wildman–Crippen MR) is 68.1 cm³/mol. The second-order valence-electron chi connectivity index (χ2n) is 4.10. The van der Waals surface area contributed by atoms with Gasteiger partial charge in [0.15, 0.2) is 0 Å². The molecule has 0 saturated carbocycles. The molecule has 0 aromatic heterocycles. The van der Waals surface area contributed by atoms with Gasteiger partial charge in [0, 0.05) is 16.7 Å². The average Bonchev–Trinajstić information content (AvgIpc) is 2.36. The van der Waals surface area contributed by atoms with E-state index in [1.165, 1.54) is 12.1 Å². The van der Waals surface area contributed by atoms with Gasteiger partial charge in [0.1, 0.15) is 17.5 Å². The minimum atomic E-state index is -1.28. The Balaban J connectivity index is 2.56. The lowest BCUT2D eigenvalue weighted by molar-refractivity contribution is -0.136. The number of carbonyl (C=O) groups is 1. The van der Waals surface area contributed by atoms with Crippen LogP contribution in [0.2, 0.25) is 5.02 Å². The lowest BCUT2D eigenvalue weighted by Gasteiger charge is -2.09. The molecule has 0 bridgehead atoms. The minimum Gasteiger partial charge on any atom is -0.481 e. The van der Waals surface area contributed by atoms with Crippen molar-refractivity contribution in [3.63, 3.8) is 0 Å². The second kappa shape index (κ2) is 5.54. The summed E-state index contributed by atoms with van der Waals surface area (Å²) in [6.07, 6.45) is -0.639. The van der Waals surface area contributed by atoms with Crippen LogP contribution in [0.3, 0.4) is 0 Å². The van der Waals surface area contributed by atoms with E-state index in [1.54, 1.807) is 0 Å². The first-order chi connectivity index (χ1) is 9.40. The summed E-state index contributed by atoms with van der Waals surface area (Å²) < 4.78 is 41.0. The Bertz CT molecular complexity index is 686. The summed E-state index contributed by atoms with van der Waals surface area (Å²) >= 11 is 5.72. The fraction of sp³-hybridized carbons (Fsp3) is 0.0714. The Labute approximate surface area is 117 Å². The van der Waals surface area contributed by atoms with Gasteiger partial charge in [-0.2, -0.15) is 0 Å². The Morgan fingerprint density at radius 1 is 1.05 bits per heavy atom. The van der Waals surface area contributed by atoms with Gasteiger partial charge in [0.2, 0.25) is 0 Å². The van der Waals surface area contributed by atoms with Crippen LogP contribution in [-0.4, -0.2) is 11.1 Å². The van der Waals surface area contributed by atoms with Crippen LogP contribution in [0.25, 0.3) is 11.1 Å². The third-order valence-electron chi connectivity index (χ3n) is 2.72. The van der Waals surface area contributed by atoms with Crippen LogP contribution in [0.4, 0.5) is 13.2 Å². The lowest BCUT2D eigenvalue weighted by atomic mass is 10.0. The normalized spacial score (nSPS) is 10.6. The zero-order valence-corrected chi connectivity index (χ0v) is 10.7. The van der Waals surface area contributed by atoms with Gasteiger partial charge in [-0.25, -0.2) is 13.2 Å². The van der Waals surface area contributed by atoms with E-state index in [0.29, 0.717) is 0 Å². The van der Waals surface area contributed by atoms with Gasteiger partial charge in [0.05, 0.1) is 11.4 Å². The van der Waals surface area contributed by atoms with E-state index < -0.39 is 29.8 Å². The summed E-state index contributed by atoms with van der Waals surface area (Å²) in [5.41, 5.74) is -0.502. The highest BCUT2D eigenvalue weighted by Gasteiger charge is 2.16. The van der Waals surface area contributed by atoms with Crippen molar-refractivity contribution in [3.8, 4) is 11.1 Å². The first kappa shape index (κ1) is 14.4. The Kier molecular flexibility index (Phi) is 3.99. The number of carboxylic acids is 1. The molecule has 2 nitrogen and oxygen atoms in total. The molecule has 0 amide bonds. The van der Waals surface area contributed by atoms with Gasteiger partial charge in [-0.3, -0.25) is 4.79 Å². The number of hydrogen-bond donors (Lipinski definition) is 1. The van der Waals surface area contributed by atoms with E-state index in [9.17, 15) is 18.0 Å². The third kappa shape index (κ3) is 2.77. The smallest absolute Gasteiger partial charge is 0.307 e. The summed E-state index contributed by atoms with van der Waals surface area (Å²) in [6, 6.07) is 5.35. The number of benzene rings is 2. The average molecular weight is 301 g/mol. The van der Waals surface area contributed by atoms with Crippen molar-refractivity contribution in [3.05, 3.63) is 58.4 Å². The van der Waals surface area contributed by atoms with E-state index in [2.05, 4.69) is 0 Å². The van der Waals surface area contributed by atoms with Gasteiger partial charge in [0.25, 0.3) is 0 Å². The SMILES string of the molecule is O=C(O)Cc1cc(F)c(-c2cccc(F)c2Cl)cc1F. The zero-order valence-electron chi connectivity index (χ0n) is 9.96. The van der Waals surface area contributed by atoms with Crippen molar-refractivity contribution in [1.29, 1.82) is 0 Å². The molecule has 0 heterocycles. The molecule has 0 aliphatic rings. The van der Waals surface area contributed by atoms with Gasteiger partial charge in [-0.15, -0.1) is 0 Å². The van der Waals surface area contributed by atoms with Crippen molar-refractivity contribution in [2.24, 2.45) is 0 Å². The van der Waals surface area contributed by atoms with Crippen molar-refractivity contribution in [1.82, 2.24) is 0 Å². The van der Waals surface area contributed by atoms with Gasteiger partial charge < -0.3 is 5.11 Å². The highest BCUT2D eigenvalue weighted by Crippen LogP contribution is 2.33. The van der Waals surface area contributed by atoms with Crippen LogP contribution in [0, 0.1) is 17.5 Å². The first-order valence-electron chi connectivity index (χ1n) is 5.54. The molecule has 0 aliphatic carbocycles. The number of rotatable bonds is 3. The minimum absolute atomic E-state index is 0.00458. The summed E-state index contributed by atoms with van der Waals surface area (Å²) in [4.78, 5) is 10.5. The quantitative estimate of drug-likeness (QED) is 0.928. The first-order valence-corrected chi connectivity index (χ1v) is 5.92. The maximum Gasteiger partial charge on any atom is 0.307 e. The highest BCUT2D eigenvalue weighted by molar-refractivity contribution is 6.33. The maximum absolute atomic E-state index is 13.9. The largest absolute Gasteiger partial charge is 0.481 e. The molecule has 0 radical (unpaired) electrons. The molecule has 2 aromatic carbocycles. The molecule has 0 spiro atoms. The Hall–Kier alpha value is -2.01. The summed E-state index contributed by atoms with van der Waals surface area (Å²) in [5.74, 6) is -3.78. The van der Waals surface area contributed by atoms with Crippen molar-refractivity contribution in [2.45, 2.75) is 6.42 Å². The molecule has 20 heavy (non-hydrogen) atoms. The van der Waals surface area contributed by atoms with Crippen LogP contribution >= 0.6 is 11.6 Å². The Morgan fingerprint density at radius 3 is 2.40 bits per heavy atom. The molecule has 0 fully saturated rings. The highest BCUT2D eigenvalue weighted by atomic mass is 35.5. The number of halogens is 4. The van der Waals surface area contributed by atoms with Crippen molar-refractivity contribution in [2.75, 3.05) is 0 Å². The fourth-order valence-electron chi connectivity index (χ4n) is 1.80. The standard InChI is InChI=1S/C14H8ClF3O2/c15-14-8(2-1-3-10(14)16)9-6-11(17)7(4-12(9)18)5-13(19)20/h1-4,6H,5H2,(H,19,20). The molecule has 0 unspecified atom stereocenters. The topological polar surface area (TPSA) is 37.3 Å². The van der Waals surface area contributed by atoms with Crippen LogP contribution in [0.15, 0.2) is 30.3 Å². The molecule has 0 saturated heterocycles. The summed E-state index contributed by atoms with van der Waals surface area (Å²) in [6.45, 7) is 0. The monoisotopic (exact) mass is 300 g/mol. The molecule has 2 aromatic rings. The molecule has 0 atom stereocenters. The zero-order chi connectivity index (χ0) is 14.9. The summed E-state index contributed by atoms with van der Waals surface area (Å²) in [5, 5.41) is 8.27. The fourth-order valence-corrected chi connectivity index (χ4v) is 2.03. The number of carboxylic acid groups (broad SMARTS) is 1. The van der Waals surface area contributed by atoms with E-state index >= 15 is 0 Å². The Morgan fingerprint density at radius 2 is 1.75 bits per heavy atom. The van der Waals surface area contributed by atoms with E-state index in [-0.39, 0.29) is 21.7 Å². The maximum atomic E-state index is 13.9. The number of hydrogen-bond acceptors (Lipinski definition) is 1. The predicted octanol–water partition coefficient (Wildman–Crippen LogP) is 4.05. The van der Waals surface area contributed by atoms with Crippen molar-refractivity contribution >= 4 is 17.6 Å². The lowest BCUT2D eigenvalue weighted by Crippen LogP contribution is -2.04. The van der Waals surface area contributed by atoms with Crippen LogP contribution in [0.5, 0.6) is 0 Å². The molecule has 0 aliphatic heterocycles. The van der Waals surface area contributed by atoms with Gasteiger partial charge in [-0.05, 0) is 18.2 Å². The molecule has 1 N–H and O–H groups in total. The van der Waals surface area contributed by atoms with E-state index in [1.807, 2.05) is 0 Å². The second-order valence-corrected chi connectivity index (χ2v) is 4.47. The van der Waals surface area contributed by atoms with E-state index in [4.69, 9.17) is 16.7 Å².